The molecular weight excluding hydrogens is 312 g/mol. The van der Waals surface area contributed by atoms with Crippen molar-refractivity contribution < 1.29 is 4.79 Å². The molecule has 1 N–H and O–H groups in total. The van der Waals surface area contributed by atoms with Crippen molar-refractivity contribution in [2.75, 3.05) is 24.3 Å². The maximum absolute atomic E-state index is 12.4. The Labute approximate surface area is 139 Å². The maximum atomic E-state index is 12.4. The highest BCUT2D eigenvalue weighted by atomic mass is 35.5. The maximum Gasteiger partial charge on any atom is 0.256 e. The molecule has 0 saturated heterocycles. The smallest absolute Gasteiger partial charge is 0.256 e. The molecule has 0 unspecified atom stereocenters. The normalized spacial score (nSPS) is 10.8. The lowest BCUT2D eigenvalue weighted by atomic mass is 10.2. The van der Waals surface area contributed by atoms with Gasteiger partial charge in [0.25, 0.3) is 5.91 Å². The third kappa shape index (κ3) is 2.87. The van der Waals surface area contributed by atoms with Gasteiger partial charge in [0.05, 0.1) is 10.9 Å². The molecule has 1 aromatic heterocycles. The van der Waals surface area contributed by atoms with Gasteiger partial charge in [0.2, 0.25) is 0 Å². The number of amides is 1. The quantitative estimate of drug-likeness (QED) is 0.800. The monoisotopic (exact) mass is 328 g/mol. The number of fused-ring (bicyclic) bond motifs is 1. The highest BCUT2D eigenvalue weighted by Crippen LogP contribution is 2.31. The number of carbonyl (C=O) groups is 1. The van der Waals surface area contributed by atoms with Gasteiger partial charge in [-0.1, -0.05) is 17.7 Å². The Morgan fingerprint density at radius 1 is 1.17 bits per heavy atom. The number of benzene rings is 2. The van der Waals surface area contributed by atoms with Crippen LogP contribution in [0.2, 0.25) is 5.02 Å². The third-order valence-electron chi connectivity index (χ3n) is 3.68. The van der Waals surface area contributed by atoms with E-state index in [-0.39, 0.29) is 5.91 Å². The second-order valence-electron chi connectivity index (χ2n) is 5.50. The summed E-state index contributed by atoms with van der Waals surface area (Å²) in [4.78, 5) is 14.4. The van der Waals surface area contributed by atoms with Crippen LogP contribution in [0.15, 0.2) is 42.5 Å². The Bertz CT molecular complexity index is 868. The van der Waals surface area contributed by atoms with Crippen molar-refractivity contribution in [3.8, 4) is 0 Å². The van der Waals surface area contributed by atoms with Gasteiger partial charge in [0, 0.05) is 37.4 Å². The van der Waals surface area contributed by atoms with Gasteiger partial charge in [-0.3, -0.25) is 9.48 Å². The molecule has 0 aliphatic heterocycles. The molecule has 0 saturated carbocycles. The molecule has 1 heterocycles. The first kappa shape index (κ1) is 15.4. The zero-order valence-electron chi connectivity index (χ0n) is 13.2. The molecule has 0 fully saturated rings. The van der Waals surface area contributed by atoms with Gasteiger partial charge < -0.3 is 10.2 Å². The number of rotatable bonds is 3. The van der Waals surface area contributed by atoms with E-state index in [0.29, 0.717) is 16.4 Å². The molecule has 118 valence electrons. The Hall–Kier alpha value is -2.53. The predicted molar refractivity (Wildman–Crippen MR) is 94.4 cm³/mol. The minimum absolute atomic E-state index is 0.213. The van der Waals surface area contributed by atoms with Gasteiger partial charge in [-0.25, -0.2) is 0 Å². The number of aryl methyl sites for hydroxylation is 1. The van der Waals surface area contributed by atoms with Gasteiger partial charge in [0.15, 0.2) is 5.82 Å². The lowest BCUT2D eigenvalue weighted by Crippen LogP contribution is -2.14. The number of hydrogen-bond donors (Lipinski definition) is 1. The molecule has 3 aromatic rings. The number of hydrogen-bond acceptors (Lipinski definition) is 3. The van der Waals surface area contributed by atoms with Crippen LogP contribution >= 0.6 is 11.6 Å². The first-order chi connectivity index (χ1) is 11.0. The van der Waals surface area contributed by atoms with Crippen LogP contribution in [0.3, 0.4) is 0 Å². The van der Waals surface area contributed by atoms with Gasteiger partial charge in [-0.2, -0.15) is 5.10 Å². The third-order valence-corrected chi connectivity index (χ3v) is 3.93. The van der Waals surface area contributed by atoms with Gasteiger partial charge >= 0.3 is 0 Å². The molecule has 0 radical (unpaired) electrons. The largest absolute Gasteiger partial charge is 0.377 e. The molecule has 5 nitrogen and oxygen atoms in total. The topological polar surface area (TPSA) is 50.2 Å². The number of nitrogens with zero attached hydrogens (tertiary/aromatic N) is 3. The summed E-state index contributed by atoms with van der Waals surface area (Å²) in [5.41, 5.74) is 2.50. The second-order valence-corrected chi connectivity index (χ2v) is 5.94. The van der Waals surface area contributed by atoms with E-state index >= 15 is 0 Å². The summed E-state index contributed by atoms with van der Waals surface area (Å²) in [6.07, 6.45) is 0. The van der Waals surface area contributed by atoms with Crippen molar-refractivity contribution in [1.29, 1.82) is 0 Å². The minimum Gasteiger partial charge on any atom is -0.377 e. The molecule has 0 spiro atoms. The second kappa shape index (κ2) is 5.93. The van der Waals surface area contributed by atoms with Crippen LogP contribution in [0, 0.1) is 0 Å². The van der Waals surface area contributed by atoms with Crippen LogP contribution in [-0.2, 0) is 7.05 Å². The molecular formula is C17H17ClN4O. The van der Waals surface area contributed by atoms with Crippen LogP contribution < -0.4 is 10.2 Å². The molecule has 23 heavy (non-hydrogen) atoms. The molecule has 1 amide bonds. The fourth-order valence-electron chi connectivity index (χ4n) is 2.54. The van der Waals surface area contributed by atoms with Gasteiger partial charge in [0.1, 0.15) is 0 Å². The Morgan fingerprint density at radius 3 is 2.52 bits per heavy atom. The van der Waals surface area contributed by atoms with Gasteiger partial charge in [-0.15, -0.1) is 0 Å². The number of aromatic nitrogens is 2. The first-order valence-corrected chi connectivity index (χ1v) is 7.55. The van der Waals surface area contributed by atoms with E-state index in [4.69, 9.17) is 11.6 Å². The van der Waals surface area contributed by atoms with Crippen LogP contribution in [0.5, 0.6) is 0 Å². The van der Waals surface area contributed by atoms with E-state index < -0.39 is 0 Å². The molecule has 6 heteroatoms. The zero-order valence-corrected chi connectivity index (χ0v) is 13.9. The van der Waals surface area contributed by atoms with Crippen LogP contribution in [0.4, 0.5) is 11.5 Å². The molecule has 0 bridgehead atoms. The molecule has 0 aliphatic rings. The van der Waals surface area contributed by atoms with Crippen LogP contribution in [0.25, 0.3) is 10.9 Å². The summed E-state index contributed by atoms with van der Waals surface area (Å²) in [6, 6.07) is 12.7. The Kier molecular flexibility index (Phi) is 3.96. The summed E-state index contributed by atoms with van der Waals surface area (Å²) in [5, 5.41) is 8.86. The predicted octanol–water partition coefficient (Wildman–Crippen LogP) is 3.55. The lowest BCUT2D eigenvalue weighted by Gasteiger charge is -2.14. The van der Waals surface area contributed by atoms with Crippen LogP contribution in [-0.4, -0.2) is 29.8 Å². The molecule has 2 aromatic carbocycles. The summed E-state index contributed by atoms with van der Waals surface area (Å²) < 4.78 is 1.76. The van der Waals surface area contributed by atoms with Crippen molar-refractivity contribution in [3.05, 3.63) is 53.1 Å². The lowest BCUT2D eigenvalue weighted by molar-refractivity contribution is 0.102. The minimum atomic E-state index is -0.213. The average molecular weight is 329 g/mol. The van der Waals surface area contributed by atoms with Crippen molar-refractivity contribution in [2.45, 2.75) is 0 Å². The van der Waals surface area contributed by atoms with Gasteiger partial charge in [-0.05, 0) is 36.4 Å². The van der Waals surface area contributed by atoms with E-state index in [0.717, 1.165) is 16.6 Å². The van der Waals surface area contributed by atoms with E-state index in [2.05, 4.69) is 10.4 Å². The molecule has 0 atom stereocenters. The number of nitrogens with one attached hydrogen (secondary N) is 1. The average Bonchev–Trinajstić information content (AvgIpc) is 2.84. The van der Waals surface area contributed by atoms with E-state index in [1.54, 1.807) is 28.9 Å². The number of carbonyl (C=O) groups excluding carboxylic acids is 1. The fourth-order valence-corrected chi connectivity index (χ4v) is 2.66. The van der Waals surface area contributed by atoms with Crippen molar-refractivity contribution in [3.63, 3.8) is 0 Å². The van der Waals surface area contributed by atoms with E-state index in [1.165, 1.54) is 0 Å². The van der Waals surface area contributed by atoms with E-state index in [1.807, 2.05) is 44.2 Å². The summed E-state index contributed by atoms with van der Waals surface area (Å²) >= 11 is 5.86. The van der Waals surface area contributed by atoms with Crippen molar-refractivity contribution in [2.24, 2.45) is 7.05 Å². The van der Waals surface area contributed by atoms with Crippen molar-refractivity contribution in [1.82, 2.24) is 9.78 Å². The molecule has 3 rings (SSSR count). The number of anilines is 2. The van der Waals surface area contributed by atoms with Crippen LogP contribution in [0.1, 0.15) is 10.4 Å². The number of halogens is 1. The van der Waals surface area contributed by atoms with E-state index in [9.17, 15) is 4.79 Å². The SMILES string of the molecule is CN(C)c1cccc2c1c(NC(=O)c1ccc(Cl)cc1)nn2C. The summed E-state index contributed by atoms with van der Waals surface area (Å²) in [5.74, 6) is 0.335. The zero-order chi connectivity index (χ0) is 16.6. The van der Waals surface area contributed by atoms with Crippen molar-refractivity contribution >= 4 is 39.9 Å². The fraction of sp³-hybridized carbons (Fsp3) is 0.176. The summed E-state index contributed by atoms with van der Waals surface area (Å²) in [6.45, 7) is 0. The highest BCUT2D eigenvalue weighted by molar-refractivity contribution is 6.30. The summed E-state index contributed by atoms with van der Waals surface area (Å²) in [7, 11) is 5.79. The Balaban J connectivity index is 2.03. The standard InChI is InChI=1S/C17H17ClN4O/c1-21(2)13-5-4-6-14-15(13)16(20-22(14)3)19-17(23)11-7-9-12(18)10-8-11/h4-10H,1-3H3,(H,19,20,23). The first-order valence-electron chi connectivity index (χ1n) is 7.17. The highest BCUT2D eigenvalue weighted by Gasteiger charge is 2.16. The molecule has 0 aliphatic carbocycles. The Morgan fingerprint density at radius 2 is 1.87 bits per heavy atom.